The van der Waals surface area contributed by atoms with Gasteiger partial charge < -0.3 is 6.26 Å². The molecule has 3 N–H and O–H groups in total. The van der Waals surface area contributed by atoms with Gasteiger partial charge in [-0.3, -0.25) is 5.43 Å². The van der Waals surface area contributed by atoms with Gasteiger partial charge in [0.05, 0.1) is 0 Å². The molecule has 0 aromatic rings. The Kier molecular flexibility index (Phi) is 12.0. The molecule has 0 heterocycles. The van der Waals surface area contributed by atoms with E-state index in [1.54, 1.807) is 5.43 Å². The third kappa shape index (κ3) is 9.83. The number of nitrogens with one attached hydrogen (secondary N) is 1. The molecule has 0 rings (SSSR count). The third-order valence-corrected chi connectivity index (χ3v) is 0.608. The molecule has 0 fully saturated rings. The zero-order valence-corrected chi connectivity index (χ0v) is 8.70. The van der Waals surface area contributed by atoms with Crippen LogP contribution in [0, 0.1) is 0 Å². The maximum absolute atomic E-state index is 10.2. The fourth-order valence-electron chi connectivity index (χ4n) is 0.227. The van der Waals surface area contributed by atoms with Crippen LogP contribution in [0.2, 0.25) is 0 Å². The van der Waals surface area contributed by atoms with Crippen molar-refractivity contribution in [3.8, 4) is 0 Å². The summed E-state index contributed by atoms with van der Waals surface area (Å²) in [5.74, 6) is 4.68. The second kappa shape index (κ2) is 9.83. The summed E-state index contributed by atoms with van der Waals surface area (Å²) in [7, 11) is 0. The Hall–Kier alpha value is -0.170. The van der Waals surface area contributed by atoms with E-state index in [0.29, 0.717) is 6.61 Å². The van der Waals surface area contributed by atoms with Crippen molar-refractivity contribution in [1.29, 1.82) is 0 Å². The van der Waals surface area contributed by atoms with Crippen LogP contribution in [0.3, 0.4) is 0 Å². The SMILES string of the molecule is CCCON=NC(=O)NN.[H-].[Na+]. The molecule has 0 spiro atoms. The van der Waals surface area contributed by atoms with E-state index in [4.69, 9.17) is 0 Å². The van der Waals surface area contributed by atoms with Crippen molar-refractivity contribution in [3.63, 3.8) is 0 Å². The third-order valence-electron chi connectivity index (χ3n) is 0.608. The molecule has 0 saturated carbocycles. The molecule has 0 aromatic carbocycles. The van der Waals surface area contributed by atoms with Gasteiger partial charge in [-0.05, 0) is 6.42 Å². The summed E-state index contributed by atoms with van der Waals surface area (Å²) in [6, 6.07) is -0.726. The Morgan fingerprint density at radius 3 is 2.91 bits per heavy atom. The van der Waals surface area contributed by atoms with Gasteiger partial charge in [0.2, 0.25) is 0 Å². The second-order valence-corrected chi connectivity index (χ2v) is 1.46. The molecule has 2 amide bonds. The molecule has 0 aromatic heterocycles. The first-order chi connectivity index (χ1) is 4.81. The molecule has 11 heavy (non-hydrogen) atoms. The zero-order chi connectivity index (χ0) is 7.82. The van der Waals surface area contributed by atoms with Crippen molar-refractivity contribution < 1.29 is 40.6 Å². The van der Waals surface area contributed by atoms with Gasteiger partial charge in [0, 0.05) is 5.28 Å². The summed E-state index contributed by atoms with van der Waals surface area (Å²) in [4.78, 5) is 14.7. The van der Waals surface area contributed by atoms with Gasteiger partial charge in [0.15, 0.2) is 0 Å². The van der Waals surface area contributed by atoms with Crippen LogP contribution in [0.1, 0.15) is 14.8 Å². The van der Waals surface area contributed by atoms with Crippen molar-refractivity contribution in [2.75, 3.05) is 6.61 Å². The van der Waals surface area contributed by atoms with Gasteiger partial charge in [-0.15, -0.1) is 0 Å². The first kappa shape index (κ1) is 13.4. The Morgan fingerprint density at radius 1 is 1.82 bits per heavy atom. The number of rotatable bonds is 3. The maximum Gasteiger partial charge on any atom is 1.00 e. The van der Waals surface area contributed by atoms with E-state index in [0.717, 1.165) is 6.42 Å². The van der Waals surface area contributed by atoms with Crippen molar-refractivity contribution in [2.24, 2.45) is 16.2 Å². The standard InChI is InChI=1S/C4H10N4O2.Na.H/c1-2-3-10-8-7-4(9)6-5;;/h2-3,5H2,1H3,(H,6,9);;/q;+1;-1. The van der Waals surface area contributed by atoms with Crippen molar-refractivity contribution in [3.05, 3.63) is 0 Å². The van der Waals surface area contributed by atoms with Crippen LogP contribution in [0.15, 0.2) is 10.4 Å². The predicted octanol–water partition coefficient (Wildman–Crippen LogP) is -2.52. The molecular weight excluding hydrogens is 159 g/mol. The van der Waals surface area contributed by atoms with Crippen LogP contribution in [0.25, 0.3) is 0 Å². The molecule has 60 valence electrons. The molecule has 0 atom stereocenters. The second-order valence-electron chi connectivity index (χ2n) is 1.46. The maximum atomic E-state index is 10.2. The van der Waals surface area contributed by atoms with E-state index in [2.05, 4.69) is 21.1 Å². The van der Waals surface area contributed by atoms with Crippen LogP contribution in [0.4, 0.5) is 4.79 Å². The minimum atomic E-state index is -0.726. The van der Waals surface area contributed by atoms with Gasteiger partial charge in [0.25, 0.3) is 0 Å². The minimum Gasteiger partial charge on any atom is -1.00 e. The molecular formula is C4H11N4NaO2. The molecule has 0 aliphatic rings. The van der Waals surface area contributed by atoms with Crippen LogP contribution in [-0.2, 0) is 4.84 Å². The van der Waals surface area contributed by atoms with Crippen LogP contribution >= 0.6 is 0 Å². The molecule has 0 unspecified atom stereocenters. The van der Waals surface area contributed by atoms with E-state index >= 15 is 0 Å². The van der Waals surface area contributed by atoms with Gasteiger partial charge in [0.1, 0.15) is 6.61 Å². The molecule has 0 aliphatic heterocycles. The van der Waals surface area contributed by atoms with Gasteiger partial charge in [-0.2, -0.15) is 0 Å². The van der Waals surface area contributed by atoms with E-state index in [9.17, 15) is 4.79 Å². The van der Waals surface area contributed by atoms with Crippen molar-refractivity contribution in [1.82, 2.24) is 5.43 Å². The Morgan fingerprint density at radius 2 is 2.45 bits per heavy atom. The number of carbonyl (C=O) groups excluding carboxylic acids is 1. The number of amides is 2. The van der Waals surface area contributed by atoms with E-state index in [1.165, 1.54) is 0 Å². The van der Waals surface area contributed by atoms with Crippen molar-refractivity contribution >= 4 is 6.03 Å². The van der Waals surface area contributed by atoms with E-state index < -0.39 is 6.03 Å². The molecule has 7 heteroatoms. The van der Waals surface area contributed by atoms with Crippen LogP contribution in [0.5, 0.6) is 0 Å². The molecule has 0 saturated heterocycles. The van der Waals surface area contributed by atoms with E-state index in [-0.39, 0.29) is 31.0 Å². The molecule has 6 nitrogen and oxygen atoms in total. The smallest absolute Gasteiger partial charge is 1.00 e. The minimum absolute atomic E-state index is 0. The summed E-state index contributed by atoms with van der Waals surface area (Å²) in [5.41, 5.74) is 1.76. The molecule has 0 bridgehead atoms. The number of hydrazine groups is 1. The van der Waals surface area contributed by atoms with Gasteiger partial charge in [-0.1, -0.05) is 12.0 Å². The monoisotopic (exact) mass is 170 g/mol. The number of nitrogens with two attached hydrogens (primary N) is 1. The van der Waals surface area contributed by atoms with Gasteiger partial charge >= 0.3 is 35.6 Å². The summed E-state index contributed by atoms with van der Waals surface area (Å²) in [5, 5.41) is 6.07. The first-order valence-electron chi connectivity index (χ1n) is 2.84. The Bertz CT molecular complexity index is 134. The molecule has 0 aliphatic carbocycles. The van der Waals surface area contributed by atoms with Crippen LogP contribution in [-0.4, -0.2) is 12.6 Å². The quantitative estimate of drug-likeness (QED) is 0.122. The number of urea groups is 1. The number of nitrogens with zero attached hydrogens (tertiary/aromatic N) is 2. The van der Waals surface area contributed by atoms with Gasteiger partial charge in [-0.25, -0.2) is 10.6 Å². The van der Waals surface area contributed by atoms with E-state index in [1.807, 2.05) is 6.92 Å². The average molecular weight is 170 g/mol. The molecule has 0 radical (unpaired) electrons. The zero-order valence-electron chi connectivity index (χ0n) is 7.70. The number of carbonyl (C=O) groups is 1. The fourth-order valence-corrected chi connectivity index (χ4v) is 0.227. The summed E-state index contributed by atoms with van der Waals surface area (Å²) in [6.07, 6.45) is 0.823. The number of hydrogen-bond acceptors (Lipinski definition) is 4. The Labute approximate surface area is 88.3 Å². The largest absolute Gasteiger partial charge is 1.00 e. The average Bonchev–Trinajstić information content (AvgIpc) is 1.98. The fraction of sp³-hybridized carbons (Fsp3) is 0.750. The van der Waals surface area contributed by atoms with Crippen molar-refractivity contribution in [2.45, 2.75) is 13.3 Å². The summed E-state index contributed by atoms with van der Waals surface area (Å²) < 4.78 is 0. The Balaban J connectivity index is -0.000000405. The summed E-state index contributed by atoms with van der Waals surface area (Å²) in [6.45, 7) is 2.36. The number of hydrogen-bond donors (Lipinski definition) is 2. The normalized spacial score (nSPS) is 8.91. The first-order valence-corrected chi connectivity index (χ1v) is 2.84. The topological polar surface area (TPSA) is 89.1 Å². The summed E-state index contributed by atoms with van der Waals surface area (Å²) >= 11 is 0. The predicted molar refractivity (Wildman–Crippen MR) is 34.9 cm³/mol. The van der Waals surface area contributed by atoms with Crippen LogP contribution < -0.4 is 40.8 Å².